The largest absolute Gasteiger partial charge is 0.481 e. The molecule has 1 atom stereocenters. The first-order valence-electron chi connectivity index (χ1n) is 2.51. The molecule has 1 N–H and O–H groups in total. The van der Waals surface area contributed by atoms with Gasteiger partial charge in [0.2, 0.25) is 0 Å². The lowest BCUT2D eigenvalue weighted by Gasteiger charge is -1.98. The van der Waals surface area contributed by atoms with Crippen LogP contribution in [0.15, 0.2) is 0 Å². The van der Waals surface area contributed by atoms with Crippen molar-refractivity contribution in [1.82, 2.24) is 0 Å². The number of aldehydes is 1. The zero-order valence-electron chi connectivity index (χ0n) is 4.78. The fraction of sp³-hybridized carbons (Fsp3) is 0.600. The van der Waals surface area contributed by atoms with Crippen LogP contribution < -0.4 is 0 Å². The molecule has 0 spiro atoms. The molecule has 0 radical (unpaired) electrons. The molecule has 0 aliphatic heterocycles. The molecule has 0 rings (SSSR count). The molecule has 0 saturated carbocycles. The Morgan fingerprint density at radius 1 is 1.78 bits per heavy atom. The lowest BCUT2D eigenvalue weighted by atomic mass is 10.1. The zero-order valence-corrected chi connectivity index (χ0v) is 5.67. The first-order valence-corrected chi connectivity index (χ1v) is 3.14. The van der Waals surface area contributed by atoms with E-state index in [2.05, 4.69) is 12.6 Å². The molecule has 9 heavy (non-hydrogen) atoms. The van der Waals surface area contributed by atoms with Crippen LogP contribution in [0.2, 0.25) is 0 Å². The second kappa shape index (κ2) is 4.38. The van der Waals surface area contributed by atoms with Gasteiger partial charge in [-0.15, -0.1) is 0 Å². The topological polar surface area (TPSA) is 54.4 Å². The summed E-state index contributed by atoms with van der Waals surface area (Å²) in [5.74, 6) is -1.52. The quantitative estimate of drug-likeness (QED) is 0.340. The van der Waals surface area contributed by atoms with Gasteiger partial charge in [0.05, 0.1) is 0 Å². The van der Waals surface area contributed by atoms with E-state index in [4.69, 9.17) is 5.11 Å². The van der Waals surface area contributed by atoms with Gasteiger partial charge >= 0.3 is 5.97 Å². The van der Waals surface area contributed by atoms with Gasteiger partial charge in [-0.3, -0.25) is 4.79 Å². The average Bonchev–Trinajstić information content (AvgIpc) is 1.82. The molecular formula is C5H8O3S. The second-order valence-corrected chi connectivity index (χ2v) is 2.04. The first-order chi connectivity index (χ1) is 4.22. The Morgan fingerprint density at radius 2 is 2.33 bits per heavy atom. The van der Waals surface area contributed by atoms with E-state index in [1.54, 1.807) is 0 Å². The monoisotopic (exact) mass is 148 g/mol. The third-order valence-corrected chi connectivity index (χ3v) is 1.18. The van der Waals surface area contributed by atoms with Crippen molar-refractivity contribution < 1.29 is 14.7 Å². The summed E-state index contributed by atoms with van der Waals surface area (Å²) in [6.07, 6.45) is 0.737. The summed E-state index contributed by atoms with van der Waals surface area (Å²) in [4.78, 5) is 20.0. The van der Waals surface area contributed by atoms with Gasteiger partial charge in [-0.2, -0.15) is 12.6 Å². The fourth-order valence-corrected chi connectivity index (χ4v) is 0.667. The molecule has 1 unspecified atom stereocenters. The molecule has 52 valence electrons. The summed E-state index contributed by atoms with van der Waals surface area (Å²) in [6, 6.07) is 0. The maximum atomic E-state index is 10.1. The van der Waals surface area contributed by atoms with E-state index in [9.17, 15) is 9.59 Å². The zero-order chi connectivity index (χ0) is 7.28. The van der Waals surface area contributed by atoms with Crippen molar-refractivity contribution in [1.29, 1.82) is 0 Å². The van der Waals surface area contributed by atoms with Crippen molar-refractivity contribution in [3.63, 3.8) is 0 Å². The Labute approximate surface area is 58.5 Å². The lowest BCUT2D eigenvalue weighted by molar-refractivity contribution is -0.143. The summed E-state index contributed by atoms with van der Waals surface area (Å²) in [5, 5.41) is 8.24. The van der Waals surface area contributed by atoms with Gasteiger partial charge in [-0.25, -0.2) is 0 Å². The summed E-state index contributed by atoms with van der Waals surface area (Å²) >= 11 is 3.79. The van der Waals surface area contributed by atoms with E-state index in [1.807, 2.05) is 0 Å². The Bertz CT molecular complexity index is 113. The molecule has 0 amide bonds. The third kappa shape index (κ3) is 3.13. The van der Waals surface area contributed by atoms with Crippen LogP contribution in [0.1, 0.15) is 6.42 Å². The predicted molar refractivity (Wildman–Crippen MR) is 35.7 cm³/mol. The number of hydrogen-bond donors (Lipinski definition) is 2. The molecule has 0 aromatic heterocycles. The summed E-state index contributed by atoms with van der Waals surface area (Å²) in [6.45, 7) is 0. The lowest BCUT2D eigenvalue weighted by Crippen LogP contribution is -2.15. The normalized spacial score (nSPS) is 12.6. The third-order valence-electron chi connectivity index (χ3n) is 0.922. The number of rotatable bonds is 4. The molecule has 0 aromatic carbocycles. The van der Waals surface area contributed by atoms with E-state index >= 15 is 0 Å². The van der Waals surface area contributed by atoms with Gasteiger partial charge in [0.15, 0.2) is 0 Å². The molecule has 0 saturated heterocycles. The van der Waals surface area contributed by atoms with Crippen molar-refractivity contribution in [3.05, 3.63) is 0 Å². The number of aliphatic carboxylic acids is 1. The van der Waals surface area contributed by atoms with Crippen molar-refractivity contribution in [2.45, 2.75) is 6.42 Å². The molecule has 0 aromatic rings. The van der Waals surface area contributed by atoms with Gasteiger partial charge in [0.1, 0.15) is 12.2 Å². The molecule has 0 aliphatic rings. The van der Waals surface area contributed by atoms with Crippen molar-refractivity contribution in [2.24, 2.45) is 5.92 Å². The van der Waals surface area contributed by atoms with Crippen LogP contribution >= 0.6 is 12.6 Å². The van der Waals surface area contributed by atoms with Gasteiger partial charge in [-0.1, -0.05) is 0 Å². The average molecular weight is 148 g/mol. The Morgan fingerprint density at radius 3 is 2.44 bits per heavy atom. The van der Waals surface area contributed by atoms with E-state index in [0.717, 1.165) is 0 Å². The van der Waals surface area contributed by atoms with Crippen LogP contribution in [0.3, 0.4) is 0 Å². The highest BCUT2D eigenvalue weighted by molar-refractivity contribution is 7.80. The highest BCUT2D eigenvalue weighted by atomic mass is 32.1. The fourth-order valence-electron chi connectivity index (χ4n) is 0.389. The minimum absolute atomic E-state index is 0.307. The summed E-state index contributed by atoms with van der Waals surface area (Å²) < 4.78 is 0. The Balaban J connectivity index is 3.68. The smallest absolute Gasteiger partial charge is 0.313 e. The standard InChI is InChI=1S/C5H8O3S/c6-3-4(1-2-9)5(7)8/h3-4,9H,1-2H2,(H,7,8). The Kier molecular flexibility index (Phi) is 4.13. The summed E-state index contributed by atoms with van der Waals surface area (Å²) in [7, 11) is 0. The number of carboxylic acid groups (broad SMARTS) is 1. The van der Waals surface area contributed by atoms with E-state index in [-0.39, 0.29) is 0 Å². The molecule has 0 heterocycles. The molecule has 3 nitrogen and oxygen atoms in total. The van der Waals surface area contributed by atoms with Crippen molar-refractivity contribution in [3.8, 4) is 0 Å². The van der Waals surface area contributed by atoms with Gasteiger partial charge in [0, 0.05) is 0 Å². The van der Waals surface area contributed by atoms with Crippen LogP contribution in [0.25, 0.3) is 0 Å². The maximum absolute atomic E-state index is 10.1. The number of hydrogen-bond acceptors (Lipinski definition) is 3. The molecule has 0 bridgehead atoms. The number of thiol groups is 1. The number of carboxylic acids is 1. The van der Waals surface area contributed by atoms with E-state index in [0.29, 0.717) is 18.5 Å². The van der Waals surface area contributed by atoms with Gasteiger partial charge < -0.3 is 9.90 Å². The second-order valence-electron chi connectivity index (χ2n) is 1.59. The van der Waals surface area contributed by atoms with Crippen LogP contribution in [0.4, 0.5) is 0 Å². The number of carbonyl (C=O) groups is 2. The highest BCUT2D eigenvalue weighted by Crippen LogP contribution is 1.99. The van der Waals surface area contributed by atoms with Crippen molar-refractivity contribution >= 4 is 24.9 Å². The van der Waals surface area contributed by atoms with E-state index in [1.165, 1.54) is 0 Å². The maximum Gasteiger partial charge on any atom is 0.313 e. The SMILES string of the molecule is O=CC(CCS)C(=O)O. The molecule has 0 fully saturated rings. The van der Waals surface area contributed by atoms with Crippen LogP contribution in [-0.2, 0) is 9.59 Å². The van der Waals surface area contributed by atoms with Gasteiger partial charge in [-0.05, 0) is 12.2 Å². The highest BCUT2D eigenvalue weighted by Gasteiger charge is 2.13. The predicted octanol–water partition coefficient (Wildman–Crippen LogP) is 0.206. The van der Waals surface area contributed by atoms with Crippen LogP contribution in [0, 0.1) is 5.92 Å². The Hall–Kier alpha value is -0.510. The van der Waals surface area contributed by atoms with Crippen molar-refractivity contribution in [2.75, 3.05) is 5.75 Å². The van der Waals surface area contributed by atoms with E-state index < -0.39 is 11.9 Å². The summed E-state index contributed by atoms with van der Waals surface area (Å²) in [5.41, 5.74) is 0. The first kappa shape index (κ1) is 8.49. The molecule has 0 aliphatic carbocycles. The minimum atomic E-state index is -1.07. The van der Waals surface area contributed by atoms with Crippen LogP contribution in [0.5, 0.6) is 0 Å². The molecular weight excluding hydrogens is 140 g/mol. The minimum Gasteiger partial charge on any atom is -0.481 e. The van der Waals surface area contributed by atoms with Gasteiger partial charge in [0.25, 0.3) is 0 Å². The molecule has 4 heteroatoms. The number of carbonyl (C=O) groups excluding carboxylic acids is 1. The van der Waals surface area contributed by atoms with Crippen LogP contribution in [-0.4, -0.2) is 23.1 Å².